The van der Waals surface area contributed by atoms with E-state index in [4.69, 9.17) is 9.47 Å². The maximum absolute atomic E-state index is 13.6. The second kappa shape index (κ2) is 6.18. The zero-order valence-electron chi connectivity index (χ0n) is 13.7. The molecule has 26 heavy (non-hydrogen) atoms. The van der Waals surface area contributed by atoms with Gasteiger partial charge in [-0.25, -0.2) is 8.42 Å². The molecule has 3 rings (SSSR count). The number of nitrogens with zero attached hydrogens (tertiary/aromatic N) is 2. The minimum absolute atomic E-state index is 0.0694. The van der Waals surface area contributed by atoms with Crippen molar-refractivity contribution in [2.45, 2.75) is 10.4 Å². The molecule has 3 aromatic rings. The Morgan fingerprint density at radius 1 is 1.12 bits per heavy atom. The molecule has 0 aliphatic carbocycles. The van der Waals surface area contributed by atoms with Gasteiger partial charge in [-0.1, -0.05) is 18.2 Å². The number of halogens is 2. The average molecular weight is 384 g/mol. The molecule has 0 amide bonds. The van der Waals surface area contributed by atoms with Crippen LogP contribution in [0.5, 0.6) is 11.8 Å². The van der Waals surface area contributed by atoms with E-state index in [2.05, 4.69) is 20.7 Å². The SMILES string of the molecule is COc1cc(OC)nc(-c2c(S(=O)(=O)C(N)(F)F)[nH]c3ccccc23)n1. The number of nitrogens with two attached hydrogens (primary N) is 1. The lowest BCUT2D eigenvalue weighted by atomic mass is 10.1. The van der Waals surface area contributed by atoms with Crippen LogP contribution in [-0.4, -0.2) is 43.0 Å². The molecule has 1 aromatic carbocycles. The molecule has 0 spiro atoms. The third-order valence-electron chi connectivity index (χ3n) is 3.62. The van der Waals surface area contributed by atoms with Gasteiger partial charge in [-0.3, -0.25) is 5.73 Å². The van der Waals surface area contributed by atoms with Crippen molar-refractivity contribution in [1.29, 1.82) is 0 Å². The van der Waals surface area contributed by atoms with E-state index in [-0.39, 0.29) is 23.1 Å². The van der Waals surface area contributed by atoms with Gasteiger partial charge in [0.05, 0.1) is 25.8 Å². The average Bonchev–Trinajstić information content (AvgIpc) is 3.00. The highest BCUT2D eigenvalue weighted by atomic mass is 32.2. The molecule has 0 fully saturated rings. The molecule has 0 saturated carbocycles. The fourth-order valence-corrected chi connectivity index (χ4v) is 3.39. The summed E-state index contributed by atoms with van der Waals surface area (Å²) in [5, 5.41) is -4.96. The normalized spacial score (nSPS) is 12.3. The predicted octanol–water partition coefficient (Wildman–Crippen LogP) is 1.92. The zero-order chi connectivity index (χ0) is 19.1. The Kier molecular flexibility index (Phi) is 4.28. The first-order chi connectivity index (χ1) is 12.2. The van der Waals surface area contributed by atoms with Crippen LogP contribution in [0.15, 0.2) is 35.4 Å². The number of hydrogen-bond donors (Lipinski definition) is 2. The molecule has 138 valence electrons. The smallest absolute Gasteiger partial charge is 0.407 e. The second-order valence-electron chi connectivity index (χ2n) is 5.22. The van der Waals surface area contributed by atoms with E-state index >= 15 is 0 Å². The first-order valence-electron chi connectivity index (χ1n) is 7.18. The molecular formula is C15H14F2N4O4S. The van der Waals surface area contributed by atoms with Gasteiger partial charge in [-0.05, 0) is 6.07 Å². The van der Waals surface area contributed by atoms with E-state index in [0.717, 1.165) is 0 Å². The number of para-hydroxylation sites is 1. The Labute approximate surface area is 146 Å². The first-order valence-corrected chi connectivity index (χ1v) is 8.67. The Morgan fingerprint density at radius 2 is 1.69 bits per heavy atom. The molecule has 11 heteroatoms. The van der Waals surface area contributed by atoms with Gasteiger partial charge < -0.3 is 14.5 Å². The lowest BCUT2D eigenvalue weighted by Crippen LogP contribution is -2.38. The van der Waals surface area contributed by atoms with Gasteiger partial charge in [0.1, 0.15) is 0 Å². The number of fused-ring (bicyclic) bond motifs is 1. The summed E-state index contributed by atoms with van der Waals surface area (Å²) < 4.78 is 61.8. The minimum Gasteiger partial charge on any atom is -0.481 e. The number of alkyl halides is 2. The van der Waals surface area contributed by atoms with Crippen molar-refractivity contribution in [3.63, 3.8) is 0 Å². The van der Waals surface area contributed by atoms with Crippen molar-refractivity contribution in [3.05, 3.63) is 30.3 Å². The number of hydrogen-bond acceptors (Lipinski definition) is 7. The second-order valence-corrected chi connectivity index (χ2v) is 7.18. The maximum Gasteiger partial charge on any atom is 0.407 e. The molecule has 2 heterocycles. The standard InChI is InChI=1S/C15H14F2N4O4S/c1-24-10-7-11(25-2)21-13(20-10)12-8-5-3-4-6-9(8)19-14(12)26(22,23)15(16,17)18/h3-7,19H,18H2,1-2H3. The Balaban J connectivity index is 2.41. The Hall–Kier alpha value is -2.79. The minimum atomic E-state index is -5.23. The number of H-pyrrole nitrogens is 1. The van der Waals surface area contributed by atoms with Crippen molar-refractivity contribution < 1.29 is 26.7 Å². The first kappa shape index (κ1) is 18.0. The fourth-order valence-electron chi connectivity index (χ4n) is 2.40. The molecule has 3 N–H and O–H groups in total. The summed E-state index contributed by atoms with van der Waals surface area (Å²) in [6.45, 7) is 0. The molecule has 0 unspecified atom stereocenters. The topological polar surface area (TPSA) is 120 Å². The molecule has 0 saturated heterocycles. The molecule has 2 aromatic heterocycles. The summed E-state index contributed by atoms with van der Waals surface area (Å²) >= 11 is 0. The van der Waals surface area contributed by atoms with Gasteiger partial charge in [0.25, 0.3) is 9.84 Å². The van der Waals surface area contributed by atoms with Crippen molar-refractivity contribution in [2.75, 3.05) is 14.2 Å². The van der Waals surface area contributed by atoms with Crippen LogP contribution in [0.1, 0.15) is 0 Å². The predicted molar refractivity (Wildman–Crippen MR) is 88.7 cm³/mol. The van der Waals surface area contributed by atoms with E-state index in [9.17, 15) is 17.2 Å². The van der Waals surface area contributed by atoms with Crippen molar-refractivity contribution in [2.24, 2.45) is 5.73 Å². The number of rotatable bonds is 5. The Bertz CT molecular complexity index is 1050. The number of methoxy groups -OCH3 is 2. The van der Waals surface area contributed by atoms with Crippen LogP contribution >= 0.6 is 0 Å². The third kappa shape index (κ3) is 2.84. The number of ether oxygens (including phenoxy) is 2. The highest BCUT2D eigenvalue weighted by Gasteiger charge is 2.45. The molecular weight excluding hydrogens is 370 g/mol. The largest absolute Gasteiger partial charge is 0.481 e. The van der Waals surface area contributed by atoms with E-state index in [1.807, 2.05) is 0 Å². The summed E-state index contributed by atoms with van der Waals surface area (Å²) in [5.74, 6) is -0.0264. The summed E-state index contributed by atoms with van der Waals surface area (Å²) in [6, 6.07) is 7.68. The number of nitrogens with one attached hydrogen (secondary N) is 1. The monoisotopic (exact) mass is 384 g/mol. The molecule has 0 radical (unpaired) electrons. The van der Waals surface area contributed by atoms with E-state index in [0.29, 0.717) is 10.9 Å². The van der Waals surface area contributed by atoms with E-state index in [1.165, 1.54) is 26.4 Å². The van der Waals surface area contributed by atoms with Crippen LogP contribution in [0.2, 0.25) is 0 Å². The van der Waals surface area contributed by atoms with Crippen LogP contribution in [0.3, 0.4) is 0 Å². The lowest BCUT2D eigenvalue weighted by Gasteiger charge is -2.12. The van der Waals surface area contributed by atoms with Gasteiger partial charge in [-0.15, -0.1) is 0 Å². The summed E-state index contributed by atoms with van der Waals surface area (Å²) in [4.78, 5) is 10.6. The van der Waals surface area contributed by atoms with Crippen molar-refractivity contribution in [3.8, 4) is 23.1 Å². The molecule has 0 aliphatic rings. The quantitative estimate of drug-likeness (QED) is 0.645. The summed E-state index contributed by atoms with van der Waals surface area (Å²) in [6.07, 6.45) is 0. The van der Waals surface area contributed by atoms with E-state index < -0.39 is 20.2 Å². The van der Waals surface area contributed by atoms with Crippen molar-refractivity contribution >= 4 is 20.7 Å². The van der Waals surface area contributed by atoms with Gasteiger partial charge in [0.15, 0.2) is 10.9 Å². The molecule has 0 bridgehead atoms. The number of aromatic amines is 1. The lowest BCUT2D eigenvalue weighted by molar-refractivity contribution is 0.0997. The van der Waals surface area contributed by atoms with E-state index in [1.54, 1.807) is 18.2 Å². The number of benzene rings is 1. The Morgan fingerprint density at radius 3 is 2.23 bits per heavy atom. The van der Waals surface area contributed by atoms with Gasteiger partial charge >= 0.3 is 5.38 Å². The van der Waals surface area contributed by atoms with Crippen LogP contribution < -0.4 is 15.2 Å². The van der Waals surface area contributed by atoms with Crippen LogP contribution in [0.25, 0.3) is 22.3 Å². The van der Waals surface area contributed by atoms with Crippen molar-refractivity contribution in [1.82, 2.24) is 15.0 Å². The van der Waals surface area contributed by atoms with Crippen LogP contribution in [0.4, 0.5) is 8.78 Å². The van der Waals surface area contributed by atoms with Crippen LogP contribution in [-0.2, 0) is 9.84 Å². The molecule has 8 nitrogen and oxygen atoms in total. The summed E-state index contributed by atoms with van der Waals surface area (Å²) in [5.41, 5.74) is 4.75. The fraction of sp³-hybridized carbons (Fsp3) is 0.200. The number of aromatic nitrogens is 3. The third-order valence-corrected chi connectivity index (χ3v) is 5.18. The van der Waals surface area contributed by atoms with Gasteiger partial charge in [0, 0.05) is 10.9 Å². The number of sulfone groups is 1. The van der Waals surface area contributed by atoms with Gasteiger partial charge in [0.2, 0.25) is 11.8 Å². The van der Waals surface area contributed by atoms with Crippen LogP contribution in [0, 0.1) is 0 Å². The highest BCUT2D eigenvalue weighted by molar-refractivity contribution is 7.92. The maximum atomic E-state index is 13.6. The molecule has 0 aliphatic heterocycles. The van der Waals surface area contributed by atoms with Gasteiger partial charge in [-0.2, -0.15) is 18.7 Å². The zero-order valence-corrected chi connectivity index (χ0v) is 14.5. The summed E-state index contributed by atoms with van der Waals surface area (Å²) in [7, 11) is -2.55. The molecule has 0 atom stereocenters. The highest BCUT2D eigenvalue weighted by Crippen LogP contribution is 2.38.